The van der Waals surface area contributed by atoms with Gasteiger partial charge >= 0.3 is 5.97 Å². The first-order valence-electron chi connectivity index (χ1n) is 9.82. The average molecular weight is 419 g/mol. The van der Waals surface area contributed by atoms with Crippen LogP contribution in [0.4, 0.5) is 17.1 Å². The zero-order chi connectivity index (χ0) is 22.2. The Morgan fingerprint density at radius 1 is 0.710 bits per heavy atom. The maximum Gasteiger partial charge on any atom is 0.313 e. The van der Waals surface area contributed by atoms with Crippen LogP contribution in [0.25, 0.3) is 0 Å². The molecule has 0 aliphatic heterocycles. The summed E-state index contributed by atoms with van der Waals surface area (Å²) < 4.78 is 15.7. The molecule has 6 nitrogen and oxygen atoms in total. The van der Waals surface area contributed by atoms with E-state index < -0.39 is 5.97 Å². The molecule has 0 N–H and O–H groups in total. The number of ether oxygens (including phenoxy) is 3. The van der Waals surface area contributed by atoms with Crippen LogP contribution in [-0.4, -0.2) is 26.0 Å². The monoisotopic (exact) mass is 419 g/mol. The van der Waals surface area contributed by atoms with E-state index in [9.17, 15) is 9.59 Å². The molecule has 0 aliphatic rings. The summed E-state index contributed by atoms with van der Waals surface area (Å²) in [6.45, 7) is 1.49. The number of rotatable bonds is 9. The molecule has 3 rings (SSSR count). The lowest BCUT2D eigenvalue weighted by Crippen LogP contribution is -2.10. The molecular formula is C25H25NO5. The van der Waals surface area contributed by atoms with E-state index in [2.05, 4.69) is 4.90 Å². The predicted octanol–water partition coefficient (Wildman–Crippen LogP) is 5.20. The Balaban J connectivity index is 1.86. The molecular weight excluding hydrogens is 394 g/mol. The van der Waals surface area contributed by atoms with E-state index in [1.165, 1.54) is 6.92 Å². The zero-order valence-corrected chi connectivity index (χ0v) is 17.8. The average Bonchev–Trinajstić information content (AvgIpc) is 2.79. The van der Waals surface area contributed by atoms with Crippen molar-refractivity contribution in [1.82, 2.24) is 0 Å². The fraction of sp³-hybridized carbons (Fsp3) is 0.200. The molecule has 0 saturated heterocycles. The van der Waals surface area contributed by atoms with E-state index >= 15 is 0 Å². The van der Waals surface area contributed by atoms with Crippen molar-refractivity contribution in [1.29, 1.82) is 0 Å². The van der Waals surface area contributed by atoms with Gasteiger partial charge in [0.05, 0.1) is 14.2 Å². The van der Waals surface area contributed by atoms with E-state index in [4.69, 9.17) is 14.2 Å². The Hall–Kier alpha value is -3.80. The molecule has 0 aromatic heterocycles. The van der Waals surface area contributed by atoms with Crippen molar-refractivity contribution >= 4 is 28.8 Å². The van der Waals surface area contributed by atoms with Crippen LogP contribution in [0.1, 0.15) is 18.9 Å². The smallest absolute Gasteiger partial charge is 0.313 e. The van der Waals surface area contributed by atoms with Crippen molar-refractivity contribution in [2.75, 3.05) is 19.1 Å². The van der Waals surface area contributed by atoms with Crippen LogP contribution in [0.5, 0.6) is 11.5 Å². The summed E-state index contributed by atoms with van der Waals surface area (Å²) in [7, 11) is 3.27. The minimum absolute atomic E-state index is 0.122. The van der Waals surface area contributed by atoms with Gasteiger partial charge in [-0.25, -0.2) is 0 Å². The summed E-state index contributed by atoms with van der Waals surface area (Å²) in [5, 5.41) is 0. The van der Waals surface area contributed by atoms with Gasteiger partial charge in [0.15, 0.2) is 0 Å². The van der Waals surface area contributed by atoms with Crippen LogP contribution in [0.2, 0.25) is 0 Å². The number of hydrogen-bond donors (Lipinski definition) is 0. The Labute approximate surface area is 182 Å². The van der Waals surface area contributed by atoms with Crippen molar-refractivity contribution in [3.8, 4) is 11.5 Å². The molecule has 3 aromatic carbocycles. The maximum absolute atomic E-state index is 11.6. The third-order valence-corrected chi connectivity index (χ3v) is 4.65. The molecule has 0 amide bonds. The second kappa shape index (κ2) is 10.3. The number of esters is 1. The largest absolute Gasteiger partial charge is 0.497 e. The molecule has 6 heteroatoms. The van der Waals surface area contributed by atoms with Crippen LogP contribution in [0.3, 0.4) is 0 Å². The summed E-state index contributed by atoms with van der Waals surface area (Å²) in [5.74, 6) is 0.826. The van der Waals surface area contributed by atoms with Crippen LogP contribution in [0, 0.1) is 0 Å². The number of ketones is 1. The van der Waals surface area contributed by atoms with Crippen molar-refractivity contribution in [2.24, 2.45) is 0 Å². The lowest BCUT2D eigenvalue weighted by atomic mass is 10.1. The molecule has 0 heterocycles. The molecule has 0 aliphatic carbocycles. The Morgan fingerprint density at radius 2 is 1.13 bits per heavy atom. The van der Waals surface area contributed by atoms with Crippen molar-refractivity contribution in [3.63, 3.8) is 0 Å². The van der Waals surface area contributed by atoms with Gasteiger partial charge in [-0.3, -0.25) is 9.59 Å². The van der Waals surface area contributed by atoms with Gasteiger partial charge < -0.3 is 19.1 Å². The molecule has 0 unspecified atom stereocenters. The molecule has 160 valence electrons. The van der Waals surface area contributed by atoms with Gasteiger partial charge in [0, 0.05) is 17.1 Å². The lowest BCUT2D eigenvalue weighted by Gasteiger charge is -2.26. The number of hydrogen-bond acceptors (Lipinski definition) is 6. The quantitative estimate of drug-likeness (QED) is 0.351. The SMILES string of the molecule is COc1ccc(N(c2ccc(COC(=O)CC(C)=O)cc2)c2ccc(OC)cc2)cc1. The highest BCUT2D eigenvalue weighted by Gasteiger charge is 2.13. The minimum atomic E-state index is -0.519. The number of Topliss-reactive ketones (excluding diaryl/α,β-unsaturated/α-hetero) is 1. The first-order chi connectivity index (χ1) is 15.0. The highest BCUT2D eigenvalue weighted by atomic mass is 16.5. The van der Waals surface area contributed by atoms with Crippen molar-refractivity contribution < 1.29 is 23.8 Å². The first kappa shape index (κ1) is 21.9. The van der Waals surface area contributed by atoms with Crippen molar-refractivity contribution in [3.05, 3.63) is 78.4 Å². The summed E-state index contributed by atoms with van der Waals surface area (Å²) >= 11 is 0. The number of carbonyl (C=O) groups is 2. The number of methoxy groups -OCH3 is 2. The number of anilines is 3. The predicted molar refractivity (Wildman–Crippen MR) is 119 cm³/mol. The summed E-state index contributed by atoms with van der Waals surface area (Å²) in [5.41, 5.74) is 3.71. The van der Waals surface area contributed by atoms with E-state index in [1.54, 1.807) is 14.2 Å². The van der Waals surface area contributed by atoms with E-state index in [-0.39, 0.29) is 18.8 Å². The second-order valence-electron chi connectivity index (χ2n) is 6.94. The Morgan fingerprint density at radius 3 is 1.52 bits per heavy atom. The first-order valence-corrected chi connectivity index (χ1v) is 9.82. The van der Waals surface area contributed by atoms with Gasteiger partial charge in [0.1, 0.15) is 30.3 Å². The summed E-state index contributed by atoms with van der Waals surface area (Å²) in [6.07, 6.45) is -0.208. The van der Waals surface area contributed by atoms with Crippen LogP contribution < -0.4 is 14.4 Å². The lowest BCUT2D eigenvalue weighted by molar-refractivity contribution is -0.146. The molecule has 0 spiro atoms. The van der Waals surface area contributed by atoms with E-state index in [0.29, 0.717) is 0 Å². The molecule has 0 bridgehead atoms. The van der Waals surface area contributed by atoms with Gasteiger partial charge in [-0.1, -0.05) is 12.1 Å². The van der Waals surface area contributed by atoms with Gasteiger partial charge in [0.2, 0.25) is 0 Å². The highest BCUT2D eigenvalue weighted by molar-refractivity contribution is 5.94. The summed E-state index contributed by atoms with van der Waals surface area (Å²) in [6, 6.07) is 23.3. The van der Waals surface area contributed by atoms with Gasteiger partial charge in [-0.05, 0) is 73.2 Å². The molecule has 0 saturated carbocycles. The molecule has 3 aromatic rings. The van der Waals surface area contributed by atoms with E-state index in [1.807, 2.05) is 72.8 Å². The summed E-state index contributed by atoms with van der Waals surface area (Å²) in [4.78, 5) is 24.7. The van der Waals surface area contributed by atoms with Crippen LogP contribution >= 0.6 is 0 Å². The minimum Gasteiger partial charge on any atom is -0.497 e. The number of nitrogens with zero attached hydrogens (tertiary/aromatic N) is 1. The van der Waals surface area contributed by atoms with Crippen LogP contribution in [-0.2, 0) is 20.9 Å². The fourth-order valence-corrected chi connectivity index (χ4v) is 3.07. The number of carbonyl (C=O) groups excluding carboxylic acids is 2. The Bertz CT molecular complexity index is 964. The van der Waals surface area contributed by atoms with E-state index in [0.717, 1.165) is 34.1 Å². The standard InChI is InChI=1S/C25H25NO5/c1-18(27)16-25(28)31-17-19-4-6-20(7-5-19)26(21-8-12-23(29-2)13-9-21)22-10-14-24(30-3)15-11-22/h4-15H,16-17H2,1-3H3. The number of benzene rings is 3. The topological polar surface area (TPSA) is 65.1 Å². The zero-order valence-electron chi connectivity index (χ0n) is 17.8. The van der Waals surface area contributed by atoms with Gasteiger partial charge in [0.25, 0.3) is 0 Å². The molecule has 31 heavy (non-hydrogen) atoms. The van der Waals surface area contributed by atoms with Crippen LogP contribution in [0.15, 0.2) is 72.8 Å². The normalized spacial score (nSPS) is 10.3. The molecule has 0 radical (unpaired) electrons. The Kier molecular flexibility index (Phi) is 7.27. The second-order valence-corrected chi connectivity index (χ2v) is 6.94. The third kappa shape index (κ3) is 5.85. The van der Waals surface area contributed by atoms with Crippen molar-refractivity contribution in [2.45, 2.75) is 20.0 Å². The molecule has 0 fully saturated rings. The fourth-order valence-electron chi connectivity index (χ4n) is 3.07. The third-order valence-electron chi connectivity index (χ3n) is 4.65. The van der Waals surface area contributed by atoms with Gasteiger partial charge in [-0.2, -0.15) is 0 Å². The molecule has 0 atom stereocenters. The highest BCUT2D eigenvalue weighted by Crippen LogP contribution is 2.36. The maximum atomic E-state index is 11.6. The van der Waals surface area contributed by atoms with Gasteiger partial charge in [-0.15, -0.1) is 0 Å².